The minimum atomic E-state index is -0.912. The van der Waals surface area contributed by atoms with Gasteiger partial charge in [0.1, 0.15) is 0 Å². The number of aromatic carboxylic acids is 1. The molecule has 3 nitrogen and oxygen atoms in total. The van der Waals surface area contributed by atoms with Crippen molar-refractivity contribution in [1.82, 2.24) is 0 Å². The summed E-state index contributed by atoms with van der Waals surface area (Å²) < 4.78 is 0. The molecule has 1 atom stereocenters. The zero-order chi connectivity index (χ0) is 11.7. The molecule has 0 bridgehead atoms. The fourth-order valence-corrected chi connectivity index (χ4v) is 2.38. The molecule has 1 aromatic carbocycles. The predicted octanol–water partition coefficient (Wildman–Crippen LogP) is 3.03. The highest BCUT2D eigenvalue weighted by atomic mass is 35.5. The van der Waals surface area contributed by atoms with Crippen LogP contribution >= 0.6 is 11.6 Å². The lowest BCUT2D eigenvalue weighted by molar-refractivity contribution is 0.0697. The maximum absolute atomic E-state index is 10.9. The van der Waals surface area contributed by atoms with E-state index >= 15 is 0 Å². The highest BCUT2D eigenvalue weighted by Gasteiger charge is 2.23. The first-order valence-electron chi connectivity index (χ1n) is 5.39. The van der Waals surface area contributed by atoms with E-state index in [1.54, 1.807) is 12.1 Å². The average Bonchev–Trinajstić information content (AvgIpc) is 2.65. The second-order valence-corrected chi connectivity index (χ2v) is 4.56. The van der Waals surface area contributed by atoms with Crippen molar-refractivity contribution in [2.75, 3.05) is 11.4 Å². The topological polar surface area (TPSA) is 40.5 Å². The number of hydrogen-bond donors (Lipinski definition) is 1. The maximum atomic E-state index is 10.9. The molecular formula is C12H14ClNO2. The third kappa shape index (κ3) is 2.00. The van der Waals surface area contributed by atoms with Crippen LogP contribution < -0.4 is 4.90 Å². The fourth-order valence-electron chi connectivity index (χ4n) is 2.16. The lowest BCUT2D eigenvalue weighted by Gasteiger charge is -2.25. The van der Waals surface area contributed by atoms with Gasteiger partial charge in [-0.25, -0.2) is 4.79 Å². The summed E-state index contributed by atoms with van der Waals surface area (Å²) in [5.74, 6) is -0.912. The molecule has 1 aromatic rings. The Morgan fingerprint density at radius 3 is 2.88 bits per heavy atom. The summed E-state index contributed by atoms with van der Waals surface area (Å²) in [6.07, 6.45) is 2.27. The predicted molar refractivity (Wildman–Crippen MR) is 64.5 cm³/mol. The number of carboxylic acid groups (broad SMARTS) is 1. The first-order chi connectivity index (χ1) is 7.59. The van der Waals surface area contributed by atoms with Crippen LogP contribution in [-0.2, 0) is 0 Å². The number of nitrogens with zero attached hydrogens (tertiary/aromatic N) is 1. The highest BCUT2D eigenvalue weighted by molar-refractivity contribution is 6.33. The molecule has 0 radical (unpaired) electrons. The van der Waals surface area contributed by atoms with Crippen molar-refractivity contribution in [2.45, 2.75) is 25.8 Å². The van der Waals surface area contributed by atoms with Gasteiger partial charge in [-0.1, -0.05) is 11.6 Å². The van der Waals surface area contributed by atoms with E-state index in [0.717, 1.165) is 25.1 Å². The summed E-state index contributed by atoms with van der Waals surface area (Å²) >= 11 is 6.11. The zero-order valence-corrected chi connectivity index (χ0v) is 9.87. The van der Waals surface area contributed by atoms with Crippen LogP contribution in [0.3, 0.4) is 0 Å². The van der Waals surface area contributed by atoms with Crippen LogP contribution in [0, 0.1) is 0 Å². The van der Waals surface area contributed by atoms with E-state index in [2.05, 4.69) is 11.8 Å². The van der Waals surface area contributed by atoms with Crippen LogP contribution in [0.5, 0.6) is 0 Å². The summed E-state index contributed by atoms with van der Waals surface area (Å²) in [6, 6.07) is 5.29. The third-order valence-electron chi connectivity index (χ3n) is 3.06. The van der Waals surface area contributed by atoms with Crippen LogP contribution in [0.4, 0.5) is 5.69 Å². The molecule has 0 amide bonds. The molecule has 1 N–H and O–H groups in total. The van der Waals surface area contributed by atoms with Gasteiger partial charge in [0.2, 0.25) is 0 Å². The van der Waals surface area contributed by atoms with E-state index < -0.39 is 5.97 Å². The monoisotopic (exact) mass is 239 g/mol. The number of benzene rings is 1. The van der Waals surface area contributed by atoms with E-state index in [-0.39, 0.29) is 0 Å². The molecule has 0 aliphatic carbocycles. The number of anilines is 1. The van der Waals surface area contributed by atoms with Gasteiger partial charge in [-0.05, 0) is 38.0 Å². The molecular weight excluding hydrogens is 226 g/mol. The lowest BCUT2D eigenvalue weighted by atomic mass is 10.1. The molecule has 1 heterocycles. The van der Waals surface area contributed by atoms with Crippen LogP contribution in [0.25, 0.3) is 0 Å². The van der Waals surface area contributed by atoms with Gasteiger partial charge in [-0.2, -0.15) is 0 Å². The summed E-state index contributed by atoms with van der Waals surface area (Å²) in [5, 5.41) is 9.57. The van der Waals surface area contributed by atoms with Crippen molar-refractivity contribution in [2.24, 2.45) is 0 Å². The second kappa shape index (κ2) is 4.34. The van der Waals surface area contributed by atoms with E-state index in [1.807, 2.05) is 0 Å². The molecule has 86 valence electrons. The molecule has 1 unspecified atom stereocenters. The van der Waals surface area contributed by atoms with Gasteiger partial charge in [0.25, 0.3) is 0 Å². The molecule has 1 saturated heterocycles. The SMILES string of the molecule is CC1CCCN1c1cc(C(=O)O)ccc1Cl. The van der Waals surface area contributed by atoms with Gasteiger partial charge in [-0.15, -0.1) is 0 Å². The zero-order valence-electron chi connectivity index (χ0n) is 9.11. The molecule has 2 rings (SSSR count). The summed E-state index contributed by atoms with van der Waals surface area (Å²) in [4.78, 5) is 13.1. The number of rotatable bonds is 2. The lowest BCUT2D eigenvalue weighted by Crippen LogP contribution is -2.26. The Labute approximate surface area is 99.6 Å². The summed E-state index contributed by atoms with van der Waals surface area (Å²) in [7, 11) is 0. The minimum absolute atomic E-state index is 0.290. The Kier molecular flexibility index (Phi) is 3.06. The maximum Gasteiger partial charge on any atom is 0.335 e. The Balaban J connectivity index is 2.38. The first kappa shape index (κ1) is 11.3. The van der Waals surface area contributed by atoms with E-state index in [1.165, 1.54) is 6.07 Å². The summed E-state index contributed by atoms with van der Waals surface area (Å²) in [6.45, 7) is 3.08. The van der Waals surface area contributed by atoms with Crippen LogP contribution in [-0.4, -0.2) is 23.7 Å². The summed E-state index contributed by atoms with van der Waals surface area (Å²) in [5.41, 5.74) is 1.13. The first-order valence-corrected chi connectivity index (χ1v) is 5.77. The quantitative estimate of drug-likeness (QED) is 0.863. The molecule has 4 heteroatoms. The molecule has 0 spiro atoms. The Morgan fingerprint density at radius 1 is 1.56 bits per heavy atom. The molecule has 1 aliphatic rings. The van der Waals surface area contributed by atoms with E-state index in [4.69, 9.17) is 16.7 Å². The number of carboxylic acids is 1. The van der Waals surface area contributed by atoms with Crippen molar-refractivity contribution in [1.29, 1.82) is 0 Å². The van der Waals surface area contributed by atoms with Crippen molar-refractivity contribution >= 4 is 23.3 Å². The van der Waals surface area contributed by atoms with Gasteiger partial charge < -0.3 is 10.0 Å². The van der Waals surface area contributed by atoms with Crippen LogP contribution in [0.1, 0.15) is 30.1 Å². The van der Waals surface area contributed by atoms with Crippen LogP contribution in [0.15, 0.2) is 18.2 Å². The van der Waals surface area contributed by atoms with Crippen molar-refractivity contribution in [3.63, 3.8) is 0 Å². The van der Waals surface area contributed by atoms with Gasteiger partial charge in [0, 0.05) is 12.6 Å². The number of carbonyl (C=O) groups is 1. The molecule has 1 fully saturated rings. The van der Waals surface area contributed by atoms with Gasteiger partial charge in [0.15, 0.2) is 0 Å². The van der Waals surface area contributed by atoms with E-state index in [0.29, 0.717) is 16.6 Å². The number of halogens is 1. The standard InChI is InChI=1S/C12H14ClNO2/c1-8-3-2-6-14(8)11-7-9(12(15)16)4-5-10(11)13/h4-5,7-8H,2-3,6H2,1H3,(H,15,16). The average molecular weight is 240 g/mol. The highest BCUT2D eigenvalue weighted by Crippen LogP contribution is 2.32. The van der Waals surface area contributed by atoms with Crippen LogP contribution in [0.2, 0.25) is 5.02 Å². The van der Waals surface area contributed by atoms with Gasteiger partial charge >= 0.3 is 5.97 Å². The minimum Gasteiger partial charge on any atom is -0.478 e. The van der Waals surface area contributed by atoms with Crippen molar-refractivity contribution in [3.05, 3.63) is 28.8 Å². The van der Waals surface area contributed by atoms with Gasteiger partial charge in [0.05, 0.1) is 16.3 Å². The number of hydrogen-bond acceptors (Lipinski definition) is 2. The molecule has 0 aromatic heterocycles. The van der Waals surface area contributed by atoms with Crippen molar-refractivity contribution in [3.8, 4) is 0 Å². The molecule has 0 saturated carbocycles. The smallest absolute Gasteiger partial charge is 0.335 e. The van der Waals surface area contributed by atoms with Crippen molar-refractivity contribution < 1.29 is 9.90 Å². The Hall–Kier alpha value is -1.22. The fraction of sp³-hybridized carbons (Fsp3) is 0.417. The molecule has 16 heavy (non-hydrogen) atoms. The Morgan fingerprint density at radius 2 is 2.31 bits per heavy atom. The van der Waals surface area contributed by atoms with E-state index in [9.17, 15) is 4.79 Å². The Bertz CT molecular complexity index is 419. The second-order valence-electron chi connectivity index (χ2n) is 4.16. The largest absolute Gasteiger partial charge is 0.478 e. The van der Waals surface area contributed by atoms with Gasteiger partial charge in [-0.3, -0.25) is 0 Å². The third-order valence-corrected chi connectivity index (χ3v) is 3.38. The molecule has 1 aliphatic heterocycles. The normalized spacial score (nSPS) is 20.1.